The summed E-state index contributed by atoms with van der Waals surface area (Å²) in [6, 6.07) is 2.35. The number of halogens is 2. The Hall–Kier alpha value is -2.44. The smallest absolute Gasteiger partial charge is 0.352 e. The minimum Gasteiger partial charge on any atom is -0.478 e. The van der Waals surface area contributed by atoms with E-state index >= 15 is 0 Å². The lowest BCUT2D eigenvalue weighted by molar-refractivity contribution is -0.134. The highest BCUT2D eigenvalue weighted by Crippen LogP contribution is 2.17. The van der Waals surface area contributed by atoms with Crippen LogP contribution in [-0.4, -0.2) is 22.2 Å². The van der Waals surface area contributed by atoms with E-state index < -0.39 is 35.0 Å². The summed E-state index contributed by atoms with van der Waals surface area (Å²) in [6.07, 6.45) is 0.340. The molecule has 0 aromatic heterocycles. The summed E-state index contributed by atoms with van der Waals surface area (Å²) in [6.45, 7) is 0. The van der Waals surface area contributed by atoms with Gasteiger partial charge in [0.1, 0.15) is 17.3 Å². The Balaban J connectivity index is 3.06. The van der Waals surface area contributed by atoms with Crippen LogP contribution in [0.2, 0.25) is 0 Å². The van der Waals surface area contributed by atoms with Gasteiger partial charge < -0.3 is 15.5 Å². The molecule has 0 aliphatic rings. The Kier molecular flexibility index (Phi) is 3.76. The summed E-state index contributed by atoms with van der Waals surface area (Å²) in [4.78, 5) is 20.9. The van der Waals surface area contributed by atoms with Gasteiger partial charge in [-0.1, -0.05) is 0 Å². The van der Waals surface area contributed by atoms with Crippen LogP contribution in [0, 0.1) is 11.6 Å². The van der Waals surface area contributed by atoms with Gasteiger partial charge in [-0.15, -0.1) is 0 Å². The Morgan fingerprint density at radius 2 is 1.88 bits per heavy atom. The van der Waals surface area contributed by atoms with Gasteiger partial charge in [0.2, 0.25) is 0 Å². The molecular weight excluding hydrogens is 236 g/mol. The summed E-state index contributed by atoms with van der Waals surface area (Å²) < 4.78 is 25.9. The largest absolute Gasteiger partial charge is 0.478 e. The van der Waals surface area contributed by atoms with Crippen molar-refractivity contribution in [2.75, 3.05) is 5.32 Å². The lowest BCUT2D eigenvalue weighted by atomic mass is 10.2. The number of rotatable bonds is 4. The normalized spacial score (nSPS) is 11.1. The standard InChI is InChI=1S/C10H7F2NO4/c11-5-1-2-6(12)7(3-5)13-8(10(16)17)4-9(14)15/h1-4,13H,(H,14,15)(H,16,17)/b8-4-. The topological polar surface area (TPSA) is 86.6 Å². The van der Waals surface area contributed by atoms with Crippen LogP contribution in [-0.2, 0) is 9.59 Å². The molecule has 7 heteroatoms. The number of anilines is 1. The molecule has 0 spiro atoms. The summed E-state index contributed by atoms with van der Waals surface area (Å²) in [5.74, 6) is -4.80. The molecule has 0 atom stereocenters. The maximum Gasteiger partial charge on any atom is 0.352 e. The second-order valence-corrected chi connectivity index (χ2v) is 2.95. The number of hydrogen-bond acceptors (Lipinski definition) is 3. The van der Waals surface area contributed by atoms with Gasteiger partial charge >= 0.3 is 11.9 Å². The zero-order valence-corrected chi connectivity index (χ0v) is 8.28. The third-order valence-electron chi connectivity index (χ3n) is 1.70. The van der Waals surface area contributed by atoms with Crippen molar-refractivity contribution in [3.8, 4) is 0 Å². The molecular formula is C10H7F2NO4. The molecule has 0 saturated heterocycles. The molecule has 5 nitrogen and oxygen atoms in total. The second kappa shape index (κ2) is 5.06. The zero-order valence-electron chi connectivity index (χ0n) is 8.28. The van der Waals surface area contributed by atoms with Crippen LogP contribution in [0.25, 0.3) is 0 Å². The van der Waals surface area contributed by atoms with Gasteiger partial charge in [-0.2, -0.15) is 0 Å². The molecule has 1 rings (SSSR count). The summed E-state index contributed by atoms with van der Waals surface area (Å²) in [5.41, 5.74) is -1.23. The van der Waals surface area contributed by atoms with Crippen LogP contribution in [0.15, 0.2) is 30.0 Å². The van der Waals surface area contributed by atoms with E-state index in [1.807, 2.05) is 5.32 Å². The lowest BCUT2D eigenvalue weighted by Gasteiger charge is -2.07. The Morgan fingerprint density at radius 3 is 2.41 bits per heavy atom. The number of carboxylic acid groups (broad SMARTS) is 2. The van der Waals surface area contributed by atoms with Crippen LogP contribution < -0.4 is 5.32 Å². The molecule has 0 heterocycles. The Morgan fingerprint density at radius 1 is 1.24 bits per heavy atom. The number of nitrogens with one attached hydrogen (secondary N) is 1. The summed E-state index contributed by atoms with van der Waals surface area (Å²) in [7, 11) is 0. The average Bonchev–Trinajstić information content (AvgIpc) is 2.21. The molecule has 1 aromatic carbocycles. The molecule has 0 aliphatic carbocycles. The van der Waals surface area contributed by atoms with Crippen molar-refractivity contribution >= 4 is 17.6 Å². The highest BCUT2D eigenvalue weighted by atomic mass is 19.1. The van der Waals surface area contributed by atoms with E-state index in [1.54, 1.807) is 0 Å². The zero-order chi connectivity index (χ0) is 13.0. The number of benzene rings is 1. The second-order valence-electron chi connectivity index (χ2n) is 2.95. The molecule has 0 unspecified atom stereocenters. The van der Waals surface area contributed by atoms with Crippen molar-refractivity contribution in [3.63, 3.8) is 0 Å². The van der Waals surface area contributed by atoms with Crippen LogP contribution >= 0.6 is 0 Å². The molecule has 1 aromatic rings. The summed E-state index contributed by atoms with van der Waals surface area (Å²) >= 11 is 0. The fraction of sp³-hybridized carbons (Fsp3) is 0. The first-order valence-corrected chi connectivity index (χ1v) is 4.30. The third-order valence-corrected chi connectivity index (χ3v) is 1.70. The molecule has 90 valence electrons. The van der Waals surface area contributed by atoms with Gasteiger partial charge in [0.25, 0.3) is 0 Å². The number of aliphatic carboxylic acids is 2. The van der Waals surface area contributed by atoms with Crippen LogP contribution in [0.3, 0.4) is 0 Å². The maximum absolute atomic E-state index is 13.1. The van der Waals surface area contributed by atoms with E-state index in [1.165, 1.54) is 0 Å². The minimum absolute atomic E-state index is 0.340. The fourth-order valence-corrected chi connectivity index (χ4v) is 1.01. The van der Waals surface area contributed by atoms with E-state index in [4.69, 9.17) is 10.2 Å². The predicted octanol–water partition coefficient (Wildman–Crippen LogP) is 1.43. The van der Waals surface area contributed by atoms with Crippen molar-refractivity contribution in [1.29, 1.82) is 0 Å². The predicted molar refractivity (Wildman–Crippen MR) is 53.3 cm³/mol. The van der Waals surface area contributed by atoms with Crippen molar-refractivity contribution in [3.05, 3.63) is 41.6 Å². The Labute approximate surface area is 94.0 Å². The molecule has 3 N–H and O–H groups in total. The van der Waals surface area contributed by atoms with Gasteiger partial charge in [0, 0.05) is 6.07 Å². The molecule has 0 aliphatic heterocycles. The van der Waals surface area contributed by atoms with E-state index in [0.29, 0.717) is 12.1 Å². The maximum atomic E-state index is 13.1. The summed E-state index contributed by atoms with van der Waals surface area (Å²) in [5, 5.41) is 19.0. The quantitative estimate of drug-likeness (QED) is 0.696. The fourth-order valence-electron chi connectivity index (χ4n) is 1.01. The first kappa shape index (κ1) is 12.6. The van der Waals surface area contributed by atoms with Crippen molar-refractivity contribution in [2.24, 2.45) is 0 Å². The number of carboxylic acids is 2. The van der Waals surface area contributed by atoms with Crippen LogP contribution in [0.1, 0.15) is 0 Å². The number of carbonyl (C=O) groups is 2. The van der Waals surface area contributed by atoms with Gasteiger partial charge in [-0.05, 0) is 12.1 Å². The van der Waals surface area contributed by atoms with Crippen LogP contribution in [0.4, 0.5) is 14.5 Å². The lowest BCUT2D eigenvalue weighted by Crippen LogP contribution is -2.13. The van der Waals surface area contributed by atoms with Gasteiger partial charge in [-0.3, -0.25) is 0 Å². The first-order chi connectivity index (χ1) is 7.90. The highest BCUT2D eigenvalue weighted by molar-refractivity contribution is 5.97. The molecule has 0 saturated carbocycles. The monoisotopic (exact) mass is 243 g/mol. The first-order valence-electron chi connectivity index (χ1n) is 4.30. The van der Waals surface area contributed by atoms with E-state index in [2.05, 4.69) is 0 Å². The molecule has 0 radical (unpaired) electrons. The van der Waals surface area contributed by atoms with Gasteiger partial charge in [0.05, 0.1) is 11.8 Å². The van der Waals surface area contributed by atoms with E-state index in [-0.39, 0.29) is 0 Å². The van der Waals surface area contributed by atoms with E-state index in [9.17, 15) is 18.4 Å². The minimum atomic E-state index is -1.60. The van der Waals surface area contributed by atoms with Gasteiger partial charge in [0.15, 0.2) is 0 Å². The van der Waals surface area contributed by atoms with E-state index in [0.717, 1.165) is 12.1 Å². The van der Waals surface area contributed by atoms with Gasteiger partial charge in [-0.25, -0.2) is 18.4 Å². The number of hydrogen-bond donors (Lipinski definition) is 3. The molecule has 0 amide bonds. The molecule has 0 bridgehead atoms. The van der Waals surface area contributed by atoms with Crippen molar-refractivity contribution in [1.82, 2.24) is 0 Å². The molecule has 0 fully saturated rings. The Bertz CT molecular complexity index is 499. The SMILES string of the molecule is O=C(O)/C=C(\Nc1cc(F)ccc1F)C(=O)O. The third kappa shape index (κ3) is 3.56. The van der Waals surface area contributed by atoms with Crippen molar-refractivity contribution < 1.29 is 28.6 Å². The van der Waals surface area contributed by atoms with Crippen molar-refractivity contribution in [2.45, 2.75) is 0 Å². The highest BCUT2D eigenvalue weighted by Gasteiger charge is 2.12. The average molecular weight is 243 g/mol. The molecule has 17 heavy (non-hydrogen) atoms. The van der Waals surface area contributed by atoms with Crippen LogP contribution in [0.5, 0.6) is 0 Å².